The standard InChI is InChI=1S/C15H11N3O4/c1-22-11-7-3-2-5-9(11)12-14(17-21)18-8-4-6-10(15(19)20)13(18)16-12/h2-8H,1H3,(H,19,20). The van der Waals surface area contributed by atoms with Gasteiger partial charge in [-0.05, 0) is 29.4 Å². The average molecular weight is 297 g/mol. The molecule has 0 bridgehead atoms. The Morgan fingerprint density at radius 1 is 1.27 bits per heavy atom. The first-order chi connectivity index (χ1) is 10.7. The fourth-order valence-corrected chi connectivity index (χ4v) is 2.33. The van der Waals surface area contributed by atoms with Crippen LogP contribution in [-0.4, -0.2) is 27.6 Å². The minimum atomic E-state index is -1.13. The van der Waals surface area contributed by atoms with Gasteiger partial charge in [0.2, 0.25) is 5.82 Å². The monoisotopic (exact) mass is 297 g/mol. The van der Waals surface area contributed by atoms with Crippen molar-refractivity contribution in [2.75, 3.05) is 7.11 Å². The molecule has 7 nitrogen and oxygen atoms in total. The molecule has 0 saturated heterocycles. The van der Waals surface area contributed by atoms with E-state index in [1.165, 1.54) is 23.6 Å². The average Bonchev–Trinajstić information content (AvgIpc) is 2.92. The molecule has 0 aliphatic carbocycles. The van der Waals surface area contributed by atoms with Gasteiger partial charge in [-0.15, -0.1) is 4.91 Å². The van der Waals surface area contributed by atoms with Crippen LogP contribution in [0.2, 0.25) is 0 Å². The number of methoxy groups -OCH3 is 1. The van der Waals surface area contributed by atoms with Gasteiger partial charge in [-0.3, -0.25) is 4.40 Å². The predicted molar refractivity (Wildman–Crippen MR) is 79.6 cm³/mol. The first-order valence-electron chi connectivity index (χ1n) is 6.38. The quantitative estimate of drug-likeness (QED) is 0.747. The number of carbonyl (C=O) groups is 1. The lowest BCUT2D eigenvalue weighted by Crippen LogP contribution is -1.99. The lowest BCUT2D eigenvalue weighted by molar-refractivity contribution is 0.0698. The maximum absolute atomic E-state index is 11.3. The second-order valence-corrected chi connectivity index (χ2v) is 4.50. The van der Waals surface area contributed by atoms with E-state index in [4.69, 9.17) is 4.74 Å². The molecule has 1 aromatic carbocycles. The Hall–Kier alpha value is -3.22. The fourth-order valence-electron chi connectivity index (χ4n) is 2.33. The molecule has 1 N–H and O–H groups in total. The molecule has 0 radical (unpaired) electrons. The Morgan fingerprint density at radius 2 is 2.05 bits per heavy atom. The summed E-state index contributed by atoms with van der Waals surface area (Å²) in [4.78, 5) is 26.8. The molecular formula is C15H11N3O4. The van der Waals surface area contributed by atoms with E-state index in [1.807, 2.05) is 0 Å². The summed E-state index contributed by atoms with van der Waals surface area (Å²) in [6.07, 6.45) is 1.55. The highest BCUT2D eigenvalue weighted by molar-refractivity contribution is 5.96. The van der Waals surface area contributed by atoms with E-state index in [2.05, 4.69) is 10.2 Å². The molecule has 7 heteroatoms. The number of nitroso groups, excluding NO2 is 1. The smallest absolute Gasteiger partial charge is 0.339 e. The van der Waals surface area contributed by atoms with E-state index in [1.54, 1.807) is 30.5 Å². The fraction of sp³-hybridized carbons (Fsp3) is 0.0667. The van der Waals surface area contributed by atoms with Gasteiger partial charge in [0.1, 0.15) is 17.0 Å². The molecule has 0 aliphatic heterocycles. The van der Waals surface area contributed by atoms with Crippen LogP contribution >= 0.6 is 0 Å². The zero-order chi connectivity index (χ0) is 15.7. The third-order valence-corrected chi connectivity index (χ3v) is 3.30. The maximum Gasteiger partial charge on any atom is 0.339 e. The second kappa shape index (κ2) is 5.28. The number of aromatic carboxylic acids is 1. The lowest BCUT2D eigenvalue weighted by Gasteiger charge is -2.05. The summed E-state index contributed by atoms with van der Waals surface area (Å²) < 4.78 is 6.62. The highest BCUT2D eigenvalue weighted by Gasteiger charge is 2.21. The molecule has 0 unspecified atom stereocenters. The van der Waals surface area contributed by atoms with Gasteiger partial charge in [-0.1, -0.05) is 12.1 Å². The van der Waals surface area contributed by atoms with E-state index in [0.717, 1.165) is 0 Å². The summed E-state index contributed by atoms with van der Waals surface area (Å²) in [5.41, 5.74) is 1.000. The number of rotatable bonds is 4. The van der Waals surface area contributed by atoms with Gasteiger partial charge in [-0.25, -0.2) is 9.78 Å². The molecular weight excluding hydrogens is 286 g/mol. The summed E-state index contributed by atoms with van der Waals surface area (Å²) in [7, 11) is 1.51. The number of para-hydroxylation sites is 1. The van der Waals surface area contributed by atoms with Gasteiger partial charge in [0.15, 0.2) is 5.65 Å². The number of aromatic nitrogens is 2. The van der Waals surface area contributed by atoms with Crippen molar-refractivity contribution < 1.29 is 14.6 Å². The minimum absolute atomic E-state index is 0.00597. The molecule has 0 amide bonds. The van der Waals surface area contributed by atoms with Gasteiger partial charge >= 0.3 is 5.97 Å². The summed E-state index contributed by atoms with van der Waals surface area (Å²) in [5, 5.41) is 12.3. The SMILES string of the molecule is COc1ccccc1-c1nc2c(C(=O)O)cccn2c1N=O. The molecule has 22 heavy (non-hydrogen) atoms. The third kappa shape index (κ3) is 1.99. The van der Waals surface area contributed by atoms with Crippen LogP contribution in [0, 0.1) is 4.91 Å². The van der Waals surface area contributed by atoms with E-state index in [9.17, 15) is 14.8 Å². The highest BCUT2D eigenvalue weighted by atomic mass is 16.5. The Labute approximate surface area is 124 Å². The van der Waals surface area contributed by atoms with Crippen LogP contribution < -0.4 is 4.74 Å². The van der Waals surface area contributed by atoms with Gasteiger partial charge in [0.25, 0.3) is 0 Å². The normalized spacial score (nSPS) is 10.6. The van der Waals surface area contributed by atoms with Gasteiger partial charge in [-0.2, -0.15) is 0 Å². The molecule has 2 aromatic heterocycles. The highest BCUT2D eigenvalue weighted by Crippen LogP contribution is 2.36. The van der Waals surface area contributed by atoms with E-state index < -0.39 is 5.97 Å². The Bertz CT molecular complexity index is 886. The number of nitrogens with zero attached hydrogens (tertiary/aromatic N) is 3. The van der Waals surface area contributed by atoms with Crippen molar-refractivity contribution >= 4 is 17.4 Å². The number of carboxylic acid groups (broad SMARTS) is 1. The van der Waals surface area contributed by atoms with E-state index in [-0.39, 0.29) is 22.7 Å². The van der Waals surface area contributed by atoms with Crippen molar-refractivity contribution in [1.29, 1.82) is 0 Å². The van der Waals surface area contributed by atoms with Crippen LogP contribution in [0.1, 0.15) is 10.4 Å². The number of hydrogen-bond acceptors (Lipinski definition) is 5. The number of benzene rings is 1. The van der Waals surface area contributed by atoms with Crippen molar-refractivity contribution in [3.63, 3.8) is 0 Å². The van der Waals surface area contributed by atoms with Gasteiger partial charge in [0.05, 0.1) is 7.11 Å². The number of hydrogen-bond donors (Lipinski definition) is 1. The van der Waals surface area contributed by atoms with Crippen molar-refractivity contribution in [2.45, 2.75) is 0 Å². The zero-order valence-electron chi connectivity index (χ0n) is 11.6. The second-order valence-electron chi connectivity index (χ2n) is 4.50. The van der Waals surface area contributed by atoms with Crippen LogP contribution in [0.5, 0.6) is 5.75 Å². The number of carboxylic acids is 1. The Morgan fingerprint density at radius 3 is 2.73 bits per heavy atom. The van der Waals surface area contributed by atoms with Gasteiger partial charge in [0, 0.05) is 11.8 Å². The number of ether oxygens (including phenoxy) is 1. The molecule has 3 aromatic rings. The first-order valence-corrected chi connectivity index (χ1v) is 6.38. The van der Waals surface area contributed by atoms with Crippen LogP contribution in [0.15, 0.2) is 47.8 Å². The van der Waals surface area contributed by atoms with Crippen LogP contribution in [-0.2, 0) is 0 Å². The van der Waals surface area contributed by atoms with Crippen molar-refractivity contribution in [3.8, 4) is 17.0 Å². The number of pyridine rings is 1. The number of imidazole rings is 1. The maximum atomic E-state index is 11.3. The molecule has 0 spiro atoms. The van der Waals surface area contributed by atoms with Crippen molar-refractivity contribution in [2.24, 2.45) is 5.18 Å². The Balaban J connectivity index is 2.37. The molecule has 0 fully saturated rings. The molecule has 0 saturated carbocycles. The summed E-state index contributed by atoms with van der Waals surface area (Å²) >= 11 is 0. The van der Waals surface area contributed by atoms with E-state index in [0.29, 0.717) is 11.3 Å². The predicted octanol–water partition coefficient (Wildman–Crippen LogP) is 3.11. The third-order valence-electron chi connectivity index (χ3n) is 3.30. The minimum Gasteiger partial charge on any atom is -0.496 e. The molecule has 0 aliphatic rings. The zero-order valence-corrected chi connectivity index (χ0v) is 11.6. The summed E-state index contributed by atoms with van der Waals surface area (Å²) in [6, 6.07) is 9.97. The van der Waals surface area contributed by atoms with Crippen molar-refractivity contribution in [1.82, 2.24) is 9.38 Å². The molecule has 2 heterocycles. The van der Waals surface area contributed by atoms with Crippen LogP contribution in [0.25, 0.3) is 16.9 Å². The molecule has 0 atom stereocenters. The van der Waals surface area contributed by atoms with Gasteiger partial charge < -0.3 is 9.84 Å². The van der Waals surface area contributed by atoms with Crippen molar-refractivity contribution in [3.05, 3.63) is 53.1 Å². The van der Waals surface area contributed by atoms with Crippen LogP contribution in [0.4, 0.5) is 5.82 Å². The summed E-state index contributed by atoms with van der Waals surface area (Å²) in [5.74, 6) is -0.574. The largest absolute Gasteiger partial charge is 0.496 e. The Kier molecular flexibility index (Phi) is 3.30. The van der Waals surface area contributed by atoms with E-state index >= 15 is 0 Å². The molecule has 3 rings (SSSR count). The number of fused-ring (bicyclic) bond motifs is 1. The topological polar surface area (TPSA) is 93.3 Å². The first kappa shape index (κ1) is 13.7. The summed E-state index contributed by atoms with van der Waals surface area (Å²) in [6.45, 7) is 0. The lowest BCUT2D eigenvalue weighted by atomic mass is 10.1. The van der Waals surface area contributed by atoms with Crippen LogP contribution in [0.3, 0.4) is 0 Å². The molecule has 110 valence electrons.